The SMILES string of the molecule is Cc1cccc(C)c1NC(=O)Cn1nc2c3cc(F)ccc3n(Cc3ccccc3F)cc-2c1=O. The maximum absolute atomic E-state index is 14.3. The second-order valence-electron chi connectivity index (χ2n) is 8.55. The number of rotatable bonds is 5. The summed E-state index contributed by atoms with van der Waals surface area (Å²) in [6.45, 7) is 3.62. The van der Waals surface area contributed by atoms with Gasteiger partial charge in [0.05, 0.1) is 17.6 Å². The number of aromatic nitrogens is 3. The zero-order valence-electron chi connectivity index (χ0n) is 19.2. The first-order valence-electron chi connectivity index (χ1n) is 11.1. The highest BCUT2D eigenvalue weighted by molar-refractivity contribution is 5.95. The lowest BCUT2D eigenvalue weighted by molar-refractivity contribution is -0.117. The number of carbonyl (C=O) groups is 1. The zero-order chi connectivity index (χ0) is 24.7. The Morgan fingerprint density at radius 3 is 2.49 bits per heavy atom. The Balaban J connectivity index is 1.57. The van der Waals surface area contributed by atoms with E-state index < -0.39 is 17.3 Å². The van der Waals surface area contributed by atoms with Crippen LogP contribution in [-0.4, -0.2) is 20.3 Å². The number of nitrogens with zero attached hydrogens (tertiary/aromatic N) is 3. The highest BCUT2D eigenvalue weighted by Gasteiger charge is 2.22. The van der Waals surface area contributed by atoms with E-state index in [1.165, 1.54) is 18.2 Å². The van der Waals surface area contributed by atoms with E-state index in [-0.39, 0.29) is 30.2 Å². The molecule has 6 nitrogen and oxygen atoms in total. The lowest BCUT2D eigenvalue weighted by Crippen LogP contribution is -2.26. The van der Waals surface area contributed by atoms with Crippen LogP contribution in [0.25, 0.3) is 22.2 Å². The largest absolute Gasteiger partial charge is 0.342 e. The van der Waals surface area contributed by atoms with Crippen LogP contribution in [0.5, 0.6) is 0 Å². The van der Waals surface area contributed by atoms with Gasteiger partial charge in [-0.15, -0.1) is 0 Å². The second kappa shape index (κ2) is 8.79. The summed E-state index contributed by atoms with van der Waals surface area (Å²) in [4.78, 5) is 26.0. The van der Waals surface area contributed by atoms with E-state index in [1.54, 1.807) is 35.0 Å². The summed E-state index contributed by atoms with van der Waals surface area (Å²) < 4.78 is 31.3. The molecule has 8 heteroatoms. The number of halogens is 2. The van der Waals surface area contributed by atoms with Crippen LogP contribution < -0.4 is 10.9 Å². The number of fused-ring (bicyclic) bond motifs is 3. The number of para-hydroxylation sites is 1. The topological polar surface area (TPSA) is 68.9 Å². The Hall–Kier alpha value is -4.33. The smallest absolute Gasteiger partial charge is 0.278 e. The van der Waals surface area contributed by atoms with Crippen molar-refractivity contribution in [2.24, 2.45) is 0 Å². The first kappa shape index (κ1) is 22.5. The molecule has 0 saturated carbocycles. The molecule has 2 aliphatic heterocycles. The first-order chi connectivity index (χ1) is 16.8. The van der Waals surface area contributed by atoms with Crippen LogP contribution in [0.1, 0.15) is 16.7 Å². The highest BCUT2D eigenvalue weighted by Crippen LogP contribution is 2.29. The van der Waals surface area contributed by atoms with Gasteiger partial charge in [-0.2, -0.15) is 5.10 Å². The van der Waals surface area contributed by atoms with Crippen LogP contribution in [0.15, 0.2) is 71.7 Å². The van der Waals surface area contributed by atoms with Crippen LogP contribution >= 0.6 is 0 Å². The number of amides is 1. The van der Waals surface area contributed by atoms with Gasteiger partial charge in [0, 0.05) is 22.8 Å². The number of aryl methyl sites for hydroxylation is 2. The number of anilines is 1. The number of pyridine rings is 1. The highest BCUT2D eigenvalue weighted by atomic mass is 19.1. The van der Waals surface area contributed by atoms with Crippen molar-refractivity contribution in [3.8, 4) is 11.3 Å². The monoisotopic (exact) mass is 472 g/mol. The van der Waals surface area contributed by atoms with Crippen LogP contribution in [0, 0.1) is 25.5 Å². The molecule has 3 aromatic carbocycles. The van der Waals surface area contributed by atoms with Gasteiger partial charge in [-0.1, -0.05) is 36.4 Å². The minimum atomic E-state index is -0.489. The number of hydrogen-bond acceptors (Lipinski definition) is 3. The Labute approximate surface area is 199 Å². The zero-order valence-corrected chi connectivity index (χ0v) is 19.2. The summed E-state index contributed by atoms with van der Waals surface area (Å²) in [5.74, 6) is -1.27. The molecule has 0 aliphatic carbocycles. The molecule has 3 aromatic rings. The van der Waals surface area contributed by atoms with Gasteiger partial charge in [0.2, 0.25) is 5.91 Å². The summed E-state index contributed by atoms with van der Waals surface area (Å²) in [6, 6.07) is 16.2. The summed E-state index contributed by atoms with van der Waals surface area (Å²) in [6.07, 6.45) is 1.58. The van der Waals surface area contributed by atoms with Gasteiger partial charge in [-0.05, 0) is 49.2 Å². The molecular formula is C27H22F2N4O2. The van der Waals surface area contributed by atoms with Crippen molar-refractivity contribution in [1.82, 2.24) is 14.3 Å². The van der Waals surface area contributed by atoms with Crippen LogP contribution in [0.3, 0.4) is 0 Å². The summed E-state index contributed by atoms with van der Waals surface area (Å²) in [5, 5.41) is 7.62. The molecule has 0 radical (unpaired) electrons. The summed E-state index contributed by atoms with van der Waals surface area (Å²) >= 11 is 0. The van der Waals surface area contributed by atoms with E-state index in [0.717, 1.165) is 15.8 Å². The molecule has 176 valence electrons. The van der Waals surface area contributed by atoms with Crippen molar-refractivity contribution in [3.05, 3.63) is 106 Å². The Kier molecular flexibility index (Phi) is 5.64. The van der Waals surface area contributed by atoms with Crippen molar-refractivity contribution in [2.75, 3.05) is 5.32 Å². The molecule has 1 amide bonds. The number of hydrogen-bond donors (Lipinski definition) is 1. The maximum atomic E-state index is 14.3. The van der Waals surface area contributed by atoms with Crippen molar-refractivity contribution >= 4 is 22.5 Å². The molecule has 0 aromatic heterocycles. The molecule has 1 N–H and O–H groups in total. The minimum Gasteiger partial charge on any atom is -0.342 e. The molecule has 0 bridgehead atoms. The fourth-order valence-electron chi connectivity index (χ4n) is 4.32. The number of benzene rings is 3. The summed E-state index contributed by atoms with van der Waals surface area (Å²) in [7, 11) is 0. The van der Waals surface area contributed by atoms with Gasteiger partial charge in [-0.25, -0.2) is 13.5 Å². The molecule has 35 heavy (non-hydrogen) atoms. The quantitative estimate of drug-likeness (QED) is 0.396. The van der Waals surface area contributed by atoms with Gasteiger partial charge in [-0.3, -0.25) is 9.59 Å². The van der Waals surface area contributed by atoms with Crippen molar-refractivity contribution in [3.63, 3.8) is 0 Å². The molecule has 0 saturated heterocycles. The average Bonchev–Trinajstić information content (AvgIpc) is 3.13. The number of carbonyl (C=O) groups excluding carboxylic acids is 1. The molecule has 2 aliphatic rings. The first-order valence-corrected chi connectivity index (χ1v) is 11.1. The second-order valence-corrected chi connectivity index (χ2v) is 8.55. The third-order valence-electron chi connectivity index (χ3n) is 6.09. The third kappa shape index (κ3) is 4.19. The Bertz CT molecular complexity index is 1600. The minimum absolute atomic E-state index is 0.141. The standard InChI is InChI=1S/C27H22F2N4O2/c1-16-6-5-7-17(2)25(16)30-24(34)15-33-27(35)21-14-32(13-18-8-3-4-9-22(18)29)23-11-10-19(28)12-20(23)26(21)31-33/h3-12,14H,13,15H2,1-2H3,(H,30,34). The van der Waals surface area contributed by atoms with Crippen LogP contribution in [0.4, 0.5) is 14.5 Å². The predicted octanol–water partition coefficient (Wildman–Crippen LogP) is 4.88. The average molecular weight is 472 g/mol. The number of nitrogens with one attached hydrogen (secondary N) is 1. The van der Waals surface area contributed by atoms with E-state index in [1.807, 2.05) is 32.0 Å². The Morgan fingerprint density at radius 2 is 1.74 bits per heavy atom. The van der Waals surface area contributed by atoms with Gasteiger partial charge >= 0.3 is 0 Å². The molecule has 0 spiro atoms. The van der Waals surface area contributed by atoms with Gasteiger partial charge in [0.15, 0.2) is 0 Å². The van der Waals surface area contributed by atoms with Gasteiger partial charge < -0.3 is 9.88 Å². The van der Waals surface area contributed by atoms with Crippen molar-refractivity contribution < 1.29 is 13.6 Å². The molecule has 2 heterocycles. The molecule has 0 fully saturated rings. The van der Waals surface area contributed by atoms with E-state index in [9.17, 15) is 18.4 Å². The molecular weight excluding hydrogens is 450 g/mol. The normalized spacial score (nSPS) is 11.3. The van der Waals surface area contributed by atoms with E-state index in [4.69, 9.17) is 0 Å². The van der Waals surface area contributed by atoms with E-state index >= 15 is 0 Å². The third-order valence-corrected chi connectivity index (χ3v) is 6.09. The Morgan fingerprint density at radius 1 is 1.00 bits per heavy atom. The molecule has 0 atom stereocenters. The fourth-order valence-corrected chi connectivity index (χ4v) is 4.32. The maximum Gasteiger partial charge on any atom is 0.278 e. The van der Waals surface area contributed by atoms with Gasteiger partial charge in [0.1, 0.15) is 23.9 Å². The molecule has 5 rings (SSSR count). The van der Waals surface area contributed by atoms with Crippen LogP contribution in [0.2, 0.25) is 0 Å². The van der Waals surface area contributed by atoms with Crippen molar-refractivity contribution in [2.45, 2.75) is 26.9 Å². The lowest BCUT2D eigenvalue weighted by Gasteiger charge is -2.14. The molecule has 0 unspecified atom stereocenters. The predicted molar refractivity (Wildman–Crippen MR) is 131 cm³/mol. The van der Waals surface area contributed by atoms with Crippen LogP contribution in [-0.2, 0) is 17.9 Å². The fraction of sp³-hybridized carbons (Fsp3) is 0.148. The van der Waals surface area contributed by atoms with E-state index in [0.29, 0.717) is 22.2 Å². The summed E-state index contributed by atoms with van der Waals surface area (Å²) in [5.41, 5.74) is 3.54. The lowest BCUT2D eigenvalue weighted by atomic mass is 10.1. The van der Waals surface area contributed by atoms with Crippen molar-refractivity contribution in [1.29, 1.82) is 0 Å². The van der Waals surface area contributed by atoms with Gasteiger partial charge in [0.25, 0.3) is 5.56 Å². The van der Waals surface area contributed by atoms with E-state index in [2.05, 4.69) is 10.4 Å².